The number of anilines is 3. The molecule has 2 heteroatoms. The van der Waals surface area contributed by atoms with Gasteiger partial charge in [0.1, 0.15) is 0 Å². The van der Waals surface area contributed by atoms with Crippen LogP contribution in [0.25, 0.3) is 64.7 Å². The van der Waals surface area contributed by atoms with E-state index in [9.17, 15) is 0 Å². The van der Waals surface area contributed by atoms with E-state index in [4.69, 9.17) is 0 Å². The standard InChI is InChI=1S/C55H41NS/c1-3-40(42-12-6-4-7-13-42)19-18-39(2)41-24-30-51(31-25-41)56(52-32-26-46(27-33-52)45-22-20-44(21-23-45)43-14-8-5-9-15-43)53-34-28-47(29-35-53)54-38-50-36-48-16-10-11-17-49(48)37-55(50)57-54/h3-38H,2H2,1H3/b19-18-,40-3+. The molecule has 1 nitrogen and oxygen atoms in total. The van der Waals surface area contributed by atoms with Gasteiger partial charge >= 0.3 is 0 Å². The van der Waals surface area contributed by atoms with E-state index < -0.39 is 0 Å². The zero-order valence-corrected chi connectivity index (χ0v) is 32.7. The van der Waals surface area contributed by atoms with Crippen LogP contribution in [0.2, 0.25) is 0 Å². The van der Waals surface area contributed by atoms with Crippen LogP contribution in [0.5, 0.6) is 0 Å². The van der Waals surface area contributed by atoms with Crippen molar-refractivity contribution in [1.29, 1.82) is 0 Å². The summed E-state index contributed by atoms with van der Waals surface area (Å²) in [4.78, 5) is 3.60. The van der Waals surface area contributed by atoms with Gasteiger partial charge in [-0.05, 0) is 128 Å². The molecule has 0 fully saturated rings. The van der Waals surface area contributed by atoms with Crippen molar-refractivity contribution in [2.45, 2.75) is 6.92 Å². The van der Waals surface area contributed by atoms with Crippen LogP contribution in [0.1, 0.15) is 18.1 Å². The highest BCUT2D eigenvalue weighted by atomic mass is 32.1. The zero-order chi connectivity index (χ0) is 38.6. The molecule has 0 unspecified atom stereocenters. The van der Waals surface area contributed by atoms with Crippen molar-refractivity contribution in [2.75, 3.05) is 4.90 Å². The third-order valence-corrected chi connectivity index (χ3v) is 11.8. The highest BCUT2D eigenvalue weighted by Crippen LogP contribution is 2.40. The molecule has 8 aromatic carbocycles. The fourth-order valence-corrected chi connectivity index (χ4v) is 8.58. The fourth-order valence-electron chi connectivity index (χ4n) is 7.48. The van der Waals surface area contributed by atoms with Gasteiger partial charge in [0.25, 0.3) is 0 Å². The summed E-state index contributed by atoms with van der Waals surface area (Å²) in [6, 6.07) is 72.0. The van der Waals surface area contributed by atoms with Crippen molar-refractivity contribution in [3.63, 3.8) is 0 Å². The van der Waals surface area contributed by atoms with Crippen LogP contribution < -0.4 is 4.90 Å². The summed E-state index contributed by atoms with van der Waals surface area (Å²) in [5.41, 5.74) is 13.7. The van der Waals surface area contributed by atoms with Crippen molar-refractivity contribution >= 4 is 60.4 Å². The second kappa shape index (κ2) is 16.0. The zero-order valence-electron chi connectivity index (χ0n) is 31.8. The van der Waals surface area contributed by atoms with Gasteiger partial charge in [-0.3, -0.25) is 0 Å². The van der Waals surface area contributed by atoms with Crippen LogP contribution in [-0.2, 0) is 0 Å². The molecule has 0 aliphatic heterocycles. The molecule has 0 amide bonds. The molecule has 0 saturated carbocycles. The minimum atomic E-state index is 0.964. The first kappa shape index (κ1) is 35.7. The molecule has 57 heavy (non-hydrogen) atoms. The second-order valence-electron chi connectivity index (χ2n) is 14.2. The van der Waals surface area contributed by atoms with Crippen molar-refractivity contribution in [1.82, 2.24) is 0 Å². The molecule has 1 aromatic heterocycles. The average molecular weight is 748 g/mol. The smallest absolute Gasteiger partial charge is 0.0462 e. The van der Waals surface area contributed by atoms with Crippen molar-refractivity contribution in [2.24, 2.45) is 0 Å². The molecule has 0 aliphatic carbocycles. The molecule has 272 valence electrons. The first-order valence-corrected chi connectivity index (χ1v) is 20.2. The van der Waals surface area contributed by atoms with E-state index in [2.05, 4.69) is 231 Å². The third kappa shape index (κ3) is 7.64. The van der Waals surface area contributed by atoms with Crippen LogP contribution in [0.15, 0.2) is 225 Å². The summed E-state index contributed by atoms with van der Waals surface area (Å²) in [5.74, 6) is 0. The van der Waals surface area contributed by atoms with Crippen LogP contribution >= 0.6 is 11.3 Å². The summed E-state index contributed by atoms with van der Waals surface area (Å²) < 4.78 is 1.31. The lowest BCUT2D eigenvalue weighted by atomic mass is 10.00. The average Bonchev–Trinajstić information content (AvgIpc) is 3.70. The van der Waals surface area contributed by atoms with Gasteiger partial charge in [0.15, 0.2) is 0 Å². The number of fused-ring (bicyclic) bond motifs is 2. The van der Waals surface area contributed by atoms with Gasteiger partial charge in [0.05, 0.1) is 0 Å². The lowest BCUT2D eigenvalue weighted by Crippen LogP contribution is -2.09. The Kier molecular flexibility index (Phi) is 10.0. The van der Waals surface area contributed by atoms with E-state index in [1.807, 2.05) is 17.4 Å². The van der Waals surface area contributed by atoms with Gasteiger partial charge in [-0.1, -0.05) is 170 Å². The molecule has 0 atom stereocenters. The fraction of sp³-hybridized carbons (Fsp3) is 0.0182. The molecule has 0 spiro atoms. The molecule has 9 rings (SSSR count). The van der Waals surface area contributed by atoms with E-state index in [-0.39, 0.29) is 0 Å². The number of thiophene rings is 1. The van der Waals surface area contributed by atoms with Gasteiger partial charge in [0.2, 0.25) is 0 Å². The Morgan fingerprint density at radius 1 is 0.439 bits per heavy atom. The number of hydrogen-bond acceptors (Lipinski definition) is 2. The van der Waals surface area contributed by atoms with Crippen molar-refractivity contribution in [3.05, 3.63) is 236 Å². The first-order valence-electron chi connectivity index (χ1n) is 19.4. The number of nitrogens with zero attached hydrogens (tertiary/aromatic N) is 1. The Balaban J connectivity index is 1.02. The van der Waals surface area contributed by atoms with Crippen molar-refractivity contribution in [3.8, 4) is 32.7 Å². The summed E-state index contributed by atoms with van der Waals surface area (Å²) in [6.45, 7) is 6.49. The minimum absolute atomic E-state index is 0.964. The summed E-state index contributed by atoms with van der Waals surface area (Å²) in [5, 5.41) is 3.84. The highest BCUT2D eigenvalue weighted by Gasteiger charge is 2.15. The lowest BCUT2D eigenvalue weighted by Gasteiger charge is -2.26. The molecule has 1 heterocycles. The summed E-state index contributed by atoms with van der Waals surface area (Å²) >= 11 is 1.85. The summed E-state index contributed by atoms with van der Waals surface area (Å²) in [7, 11) is 0. The predicted molar refractivity (Wildman–Crippen MR) is 249 cm³/mol. The quantitative estimate of drug-likeness (QED) is 0.126. The van der Waals surface area contributed by atoms with Gasteiger partial charge in [-0.2, -0.15) is 0 Å². The SMILES string of the molecule is C=C(/C=C\C(=C/C)c1ccccc1)c1ccc(N(c2ccc(-c3ccc(-c4ccccc4)cc3)cc2)c2ccc(-c3cc4cc5ccccc5cc4s3)cc2)cc1. The maximum atomic E-state index is 4.42. The number of allylic oxidation sites excluding steroid dienone is 5. The normalized spacial score (nSPS) is 11.7. The van der Waals surface area contributed by atoms with E-state index in [1.54, 1.807) is 0 Å². The maximum absolute atomic E-state index is 4.42. The number of hydrogen-bond donors (Lipinski definition) is 0. The Bertz CT molecular complexity index is 2810. The Morgan fingerprint density at radius 3 is 1.49 bits per heavy atom. The molecule has 0 N–H and O–H groups in total. The van der Waals surface area contributed by atoms with E-state index in [1.165, 1.54) is 64.7 Å². The Labute approximate surface area is 339 Å². The van der Waals surface area contributed by atoms with Crippen molar-refractivity contribution < 1.29 is 0 Å². The van der Waals surface area contributed by atoms with Gasteiger partial charge in [-0.15, -0.1) is 11.3 Å². The molecular formula is C55H41NS. The Hall–Kier alpha value is -7.00. The predicted octanol–water partition coefficient (Wildman–Crippen LogP) is 16.2. The highest BCUT2D eigenvalue weighted by molar-refractivity contribution is 7.22. The molecule has 0 radical (unpaired) electrons. The summed E-state index contributed by atoms with van der Waals surface area (Å²) in [6.07, 6.45) is 6.39. The molecule has 0 bridgehead atoms. The van der Waals surface area contributed by atoms with Gasteiger partial charge in [-0.25, -0.2) is 0 Å². The Morgan fingerprint density at radius 2 is 0.912 bits per heavy atom. The third-order valence-electron chi connectivity index (χ3n) is 10.6. The number of benzene rings is 8. The maximum Gasteiger partial charge on any atom is 0.0462 e. The van der Waals surface area contributed by atoms with Crippen LogP contribution in [-0.4, -0.2) is 0 Å². The van der Waals surface area contributed by atoms with E-state index in [0.717, 1.165) is 28.2 Å². The largest absolute Gasteiger partial charge is 0.311 e. The number of rotatable bonds is 10. The second-order valence-corrected chi connectivity index (χ2v) is 15.3. The molecular weight excluding hydrogens is 707 g/mol. The van der Waals surface area contributed by atoms with Crippen LogP contribution in [0.3, 0.4) is 0 Å². The molecule has 0 aliphatic rings. The topological polar surface area (TPSA) is 3.24 Å². The minimum Gasteiger partial charge on any atom is -0.311 e. The van der Waals surface area contributed by atoms with E-state index >= 15 is 0 Å². The van der Waals surface area contributed by atoms with Crippen LogP contribution in [0.4, 0.5) is 17.1 Å². The van der Waals surface area contributed by atoms with Crippen LogP contribution in [0, 0.1) is 0 Å². The lowest BCUT2D eigenvalue weighted by molar-refractivity contribution is 1.28. The molecule has 0 saturated heterocycles. The monoisotopic (exact) mass is 747 g/mol. The first-order chi connectivity index (χ1) is 28.1. The van der Waals surface area contributed by atoms with Gasteiger partial charge in [0, 0.05) is 26.6 Å². The molecule has 9 aromatic rings. The van der Waals surface area contributed by atoms with E-state index in [0.29, 0.717) is 0 Å². The van der Waals surface area contributed by atoms with Gasteiger partial charge < -0.3 is 4.90 Å².